The van der Waals surface area contributed by atoms with E-state index in [4.69, 9.17) is 27.9 Å². The molecule has 3 rings (SSSR count). The predicted octanol–water partition coefficient (Wildman–Crippen LogP) is 5.04. The normalized spacial score (nSPS) is 11.5. The monoisotopic (exact) mass is 480 g/mol. The second-order valence-electron chi connectivity index (χ2n) is 7.20. The lowest BCUT2D eigenvalue weighted by atomic mass is 10.0. The molecule has 0 aliphatic carbocycles. The molecule has 2 aromatic carbocycles. The molecule has 164 valence electrons. The minimum absolute atomic E-state index is 0.101. The summed E-state index contributed by atoms with van der Waals surface area (Å²) in [6.07, 6.45) is 2.56. The molecular formula is C22H22Cl2N2O4S. The Morgan fingerprint density at radius 2 is 1.77 bits per heavy atom. The van der Waals surface area contributed by atoms with E-state index >= 15 is 0 Å². The zero-order chi connectivity index (χ0) is 22.9. The van der Waals surface area contributed by atoms with Gasteiger partial charge in [-0.2, -0.15) is 5.10 Å². The molecule has 31 heavy (non-hydrogen) atoms. The van der Waals surface area contributed by atoms with Crippen LogP contribution < -0.4 is 4.74 Å². The van der Waals surface area contributed by atoms with E-state index < -0.39 is 9.84 Å². The number of halogens is 2. The van der Waals surface area contributed by atoms with Crippen molar-refractivity contribution in [2.75, 3.05) is 6.26 Å². The maximum absolute atomic E-state index is 13.4. The van der Waals surface area contributed by atoms with Crippen LogP contribution in [0.5, 0.6) is 5.88 Å². The van der Waals surface area contributed by atoms with Gasteiger partial charge in [0.1, 0.15) is 12.2 Å². The molecule has 0 amide bonds. The first-order chi connectivity index (χ1) is 14.5. The summed E-state index contributed by atoms with van der Waals surface area (Å²) in [4.78, 5) is 13.5. The number of nitrogens with zero attached hydrogens (tertiary/aromatic N) is 2. The van der Waals surface area contributed by atoms with E-state index in [0.29, 0.717) is 28.6 Å². The van der Waals surface area contributed by atoms with Crippen LogP contribution in [0.2, 0.25) is 10.0 Å². The third kappa shape index (κ3) is 4.79. The lowest BCUT2D eigenvalue weighted by molar-refractivity contribution is 0.103. The quantitative estimate of drug-likeness (QED) is 0.442. The highest BCUT2D eigenvalue weighted by Crippen LogP contribution is 2.33. The molecular weight excluding hydrogens is 459 g/mol. The van der Waals surface area contributed by atoms with Gasteiger partial charge >= 0.3 is 0 Å². The van der Waals surface area contributed by atoms with E-state index in [-0.39, 0.29) is 33.4 Å². The first-order valence-electron chi connectivity index (χ1n) is 9.52. The average Bonchev–Trinajstić information content (AvgIpc) is 3.11. The molecule has 0 saturated heterocycles. The Hall–Kier alpha value is -2.35. The largest absolute Gasteiger partial charge is 0.472 e. The molecule has 0 bridgehead atoms. The van der Waals surface area contributed by atoms with E-state index in [0.717, 1.165) is 11.8 Å². The van der Waals surface area contributed by atoms with E-state index in [2.05, 4.69) is 5.10 Å². The molecule has 0 aliphatic heterocycles. The summed E-state index contributed by atoms with van der Waals surface area (Å²) in [5.41, 5.74) is 2.15. The Morgan fingerprint density at radius 3 is 2.35 bits per heavy atom. The first kappa shape index (κ1) is 23.3. The molecule has 6 nitrogen and oxygen atoms in total. The first-order valence-corrected chi connectivity index (χ1v) is 12.2. The van der Waals surface area contributed by atoms with Gasteiger partial charge in [0.15, 0.2) is 9.84 Å². The number of aryl methyl sites for hydroxylation is 2. The molecule has 1 heterocycles. The van der Waals surface area contributed by atoms with Crippen LogP contribution in [0.4, 0.5) is 0 Å². The van der Waals surface area contributed by atoms with Gasteiger partial charge in [0.2, 0.25) is 11.7 Å². The average molecular weight is 481 g/mol. The van der Waals surface area contributed by atoms with Crippen molar-refractivity contribution in [3.05, 3.63) is 74.4 Å². The van der Waals surface area contributed by atoms with E-state index in [9.17, 15) is 13.2 Å². The van der Waals surface area contributed by atoms with Crippen LogP contribution in [-0.4, -0.2) is 30.2 Å². The van der Waals surface area contributed by atoms with Crippen molar-refractivity contribution in [1.82, 2.24) is 9.78 Å². The van der Waals surface area contributed by atoms with Gasteiger partial charge < -0.3 is 4.74 Å². The number of hydrogen-bond acceptors (Lipinski definition) is 5. The highest BCUT2D eigenvalue weighted by Gasteiger charge is 2.26. The fourth-order valence-electron chi connectivity index (χ4n) is 3.46. The SMILES string of the molecule is CCn1ncc(C(=O)c2cc(C)c(S(C)(=O)=O)c(C)c2Cl)c1OCc1ccc(Cl)cc1. The van der Waals surface area contributed by atoms with Gasteiger partial charge in [-0.05, 0) is 55.7 Å². The molecule has 0 saturated carbocycles. The van der Waals surface area contributed by atoms with Crippen molar-refractivity contribution in [2.24, 2.45) is 0 Å². The number of rotatable bonds is 7. The van der Waals surface area contributed by atoms with Crippen LogP contribution >= 0.6 is 23.2 Å². The van der Waals surface area contributed by atoms with E-state index in [1.807, 2.05) is 19.1 Å². The summed E-state index contributed by atoms with van der Waals surface area (Å²) < 4.78 is 31.8. The molecule has 0 fully saturated rings. The van der Waals surface area contributed by atoms with Crippen LogP contribution in [0.1, 0.15) is 39.5 Å². The maximum atomic E-state index is 13.4. The van der Waals surface area contributed by atoms with E-state index in [1.165, 1.54) is 12.3 Å². The number of hydrogen-bond donors (Lipinski definition) is 0. The van der Waals surface area contributed by atoms with Gasteiger partial charge in [-0.25, -0.2) is 13.1 Å². The Kier molecular flexibility index (Phi) is 6.79. The summed E-state index contributed by atoms with van der Waals surface area (Å²) in [6, 6.07) is 8.70. The van der Waals surface area contributed by atoms with Crippen LogP contribution in [0.3, 0.4) is 0 Å². The number of ether oxygens (including phenoxy) is 1. The fraction of sp³-hybridized carbons (Fsp3) is 0.273. The summed E-state index contributed by atoms with van der Waals surface area (Å²) in [6.45, 7) is 5.85. The van der Waals surface area contributed by atoms with Crippen molar-refractivity contribution >= 4 is 38.8 Å². The molecule has 0 unspecified atom stereocenters. The molecule has 0 N–H and O–H groups in total. The highest BCUT2D eigenvalue weighted by atomic mass is 35.5. The lowest BCUT2D eigenvalue weighted by Crippen LogP contribution is -2.11. The van der Waals surface area contributed by atoms with Crippen LogP contribution in [0.25, 0.3) is 0 Å². The summed E-state index contributed by atoms with van der Waals surface area (Å²) in [5.74, 6) is -0.0666. The van der Waals surface area contributed by atoms with Crippen molar-refractivity contribution in [1.29, 1.82) is 0 Å². The van der Waals surface area contributed by atoms with Crippen LogP contribution in [0.15, 0.2) is 41.4 Å². The van der Waals surface area contributed by atoms with Crippen molar-refractivity contribution in [3.63, 3.8) is 0 Å². The van der Waals surface area contributed by atoms with Gasteiger partial charge in [-0.3, -0.25) is 4.79 Å². The number of aromatic nitrogens is 2. The molecule has 9 heteroatoms. The zero-order valence-corrected chi connectivity index (χ0v) is 19.9. The van der Waals surface area contributed by atoms with Crippen molar-refractivity contribution in [2.45, 2.75) is 38.8 Å². The van der Waals surface area contributed by atoms with Crippen molar-refractivity contribution < 1.29 is 17.9 Å². The zero-order valence-electron chi connectivity index (χ0n) is 17.6. The van der Waals surface area contributed by atoms with Gasteiger partial charge in [0.25, 0.3) is 0 Å². The smallest absolute Gasteiger partial charge is 0.223 e. The Labute approximate surface area is 191 Å². The summed E-state index contributed by atoms with van der Waals surface area (Å²) in [5, 5.41) is 4.97. The lowest BCUT2D eigenvalue weighted by Gasteiger charge is -2.14. The minimum atomic E-state index is -3.49. The van der Waals surface area contributed by atoms with E-state index in [1.54, 1.807) is 30.7 Å². The topological polar surface area (TPSA) is 78.3 Å². The Morgan fingerprint density at radius 1 is 1.13 bits per heavy atom. The third-order valence-corrected chi connectivity index (χ3v) is 6.97. The number of sulfone groups is 1. The highest BCUT2D eigenvalue weighted by molar-refractivity contribution is 7.90. The van der Waals surface area contributed by atoms with Gasteiger partial charge in [0, 0.05) is 23.4 Å². The van der Waals surface area contributed by atoms with Gasteiger partial charge in [-0.15, -0.1) is 0 Å². The number of benzene rings is 2. The second kappa shape index (κ2) is 9.02. The molecule has 3 aromatic rings. The molecule has 0 spiro atoms. The molecule has 0 aliphatic rings. The second-order valence-corrected chi connectivity index (χ2v) is 9.97. The van der Waals surface area contributed by atoms with Crippen molar-refractivity contribution in [3.8, 4) is 5.88 Å². The molecule has 0 atom stereocenters. The molecule has 0 radical (unpaired) electrons. The van der Waals surface area contributed by atoms with Crippen LogP contribution in [0, 0.1) is 13.8 Å². The minimum Gasteiger partial charge on any atom is -0.472 e. The van der Waals surface area contributed by atoms with Gasteiger partial charge in [0.05, 0.1) is 16.1 Å². The number of carbonyl (C=O) groups is 1. The maximum Gasteiger partial charge on any atom is 0.223 e. The van der Waals surface area contributed by atoms with Gasteiger partial charge in [-0.1, -0.05) is 35.3 Å². The number of ketones is 1. The molecule has 1 aromatic heterocycles. The Balaban J connectivity index is 2.01. The summed E-state index contributed by atoms with van der Waals surface area (Å²) >= 11 is 12.4. The fourth-order valence-corrected chi connectivity index (χ4v) is 5.18. The third-order valence-electron chi connectivity index (χ3n) is 4.86. The number of carbonyl (C=O) groups excluding carboxylic acids is 1. The Bertz CT molecular complexity index is 1250. The standard InChI is InChI=1S/C22H22Cl2N2O4S/c1-5-26-22(30-12-15-6-8-16(23)9-7-15)18(11-25-26)20(27)17-10-13(2)21(31(4,28)29)14(3)19(17)24/h6-11H,5,12H2,1-4H3. The van der Waals surface area contributed by atoms with Crippen LogP contribution in [-0.2, 0) is 23.0 Å². The predicted molar refractivity (Wildman–Crippen MR) is 121 cm³/mol. The summed E-state index contributed by atoms with van der Waals surface area (Å²) in [7, 11) is -3.49.